The first-order valence-electron chi connectivity index (χ1n) is 12.2. The quantitative estimate of drug-likeness (QED) is 0.328. The van der Waals surface area contributed by atoms with Crippen molar-refractivity contribution in [3.05, 3.63) is 63.8 Å². The molecule has 0 aliphatic heterocycles. The van der Waals surface area contributed by atoms with Crippen LogP contribution in [0.4, 0.5) is 4.39 Å². The van der Waals surface area contributed by atoms with Crippen LogP contribution in [0.15, 0.2) is 39.7 Å². The third-order valence-electron chi connectivity index (χ3n) is 7.00. The normalized spacial score (nSPS) is 17.5. The van der Waals surface area contributed by atoms with E-state index in [4.69, 9.17) is 10.2 Å². The zero-order valence-electron chi connectivity index (χ0n) is 20.6. The Labute approximate surface area is 215 Å². The van der Waals surface area contributed by atoms with Gasteiger partial charge in [-0.1, -0.05) is 6.07 Å². The number of halogens is 1. The highest BCUT2D eigenvalue weighted by Gasteiger charge is 2.26. The molecule has 4 aromatic rings. The van der Waals surface area contributed by atoms with Crippen molar-refractivity contribution in [3.8, 4) is 0 Å². The van der Waals surface area contributed by atoms with Crippen molar-refractivity contribution in [1.29, 1.82) is 0 Å². The summed E-state index contributed by atoms with van der Waals surface area (Å²) in [6.45, 7) is 0.455. The zero-order valence-corrected chi connectivity index (χ0v) is 20.6. The number of benzene rings is 1. The number of aromatic nitrogens is 4. The average Bonchev–Trinajstić information content (AvgIpc) is 3.43. The van der Waals surface area contributed by atoms with Crippen molar-refractivity contribution >= 4 is 34.5 Å². The first kappa shape index (κ1) is 25.1. The van der Waals surface area contributed by atoms with Crippen LogP contribution >= 0.6 is 0 Å². The van der Waals surface area contributed by atoms with Gasteiger partial charge in [-0.2, -0.15) is 5.10 Å². The second-order valence-corrected chi connectivity index (χ2v) is 9.50. The van der Waals surface area contributed by atoms with Gasteiger partial charge in [0.15, 0.2) is 17.0 Å². The lowest BCUT2D eigenvalue weighted by atomic mass is 9.81. The second kappa shape index (κ2) is 10.1. The number of nitrogens with zero attached hydrogens (tertiary/aromatic N) is 4. The summed E-state index contributed by atoms with van der Waals surface area (Å²) < 4.78 is 21.9. The predicted octanol–water partition coefficient (Wildman–Crippen LogP) is 1.26. The molecule has 5 rings (SSSR count). The summed E-state index contributed by atoms with van der Waals surface area (Å²) in [4.78, 5) is 53.1. The van der Waals surface area contributed by atoms with E-state index in [1.165, 1.54) is 10.6 Å². The maximum absolute atomic E-state index is 14.4. The summed E-state index contributed by atoms with van der Waals surface area (Å²) in [5.41, 5.74) is 6.64. The molecular weight excluding hydrogens is 497 g/mol. The fourth-order valence-electron chi connectivity index (χ4n) is 4.75. The van der Waals surface area contributed by atoms with E-state index in [-0.39, 0.29) is 41.3 Å². The smallest absolute Gasteiger partial charge is 0.408 e. The van der Waals surface area contributed by atoms with Crippen molar-refractivity contribution in [1.82, 2.24) is 29.8 Å². The number of rotatable bonds is 7. The Morgan fingerprint density at radius 2 is 1.89 bits per heavy atom. The highest BCUT2D eigenvalue weighted by molar-refractivity contribution is 5.98. The van der Waals surface area contributed by atoms with Crippen LogP contribution in [0.2, 0.25) is 0 Å². The van der Waals surface area contributed by atoms with Gasteiger partial charge in [0.05, 0.1) is 11.7 Å². The number of amides is 3. The van der Waals surface area contributed by atoms with Gasteiger partial charge >= 0.3 is 5.76 Å². The van der Waals surface area contributed by atoms with Crippen LogP contribution in [0.3, 0.4) is 0 Å². The van der Waals surface area contributed by atoms with Gasteiger partial charge in [0.25, 0.3) is 11.8 Å². The predicted molar refractivity (Wildman–Crippen MR) is 133 cm³/mol. The van der Waals surface area contributed by atoms with Gasteiger partial charge in [-0.15, -0.1) is 0 Å². The Morgan fingerprint density at radius 3 is 2.63 bits per heavy atom. The van der Waals surface area contributed by atoms with Gasteiger partial charge in [0.1, 0.15) is 11.4 Å². The Bertz CT molecular complexity index is 1610. The number of nitrogens with two attached hydrogens (primary N) is 1. The molecule has 0 saturated heterocycles. The molecule has 1 aliphatic rings. The monoisotopic (exact) mass is 523 g/mol. The van der Waals surface area contributed by atoms with Gasteiger partial charge < -0.3 is 20.8 Å². The van der Waals surface area contributed by atoms with Crippen molar-refractivity contribution < 1.29 is 23.2 Å². The molecule has 0 radical (unpaired) electrons. The molecule has 1 aromatic carbocycles. The van der Waals surface area contributed by atoms with E-state index in [1.54, 1.807) is 25.2 Å². The largest absolute Gasteiger partial charge is 0.419 e. The molecule has 12 nitrogen and oxygen atoms in total. The van der Waals surface area contributed by atoms with Crippen LogP contribution in [-0.2, 0) is 18.4 Å². The average molecular weight is 524 g/mol. The van der Waals surface area contributed by atoms with Crippen LogP contribution in [0.25, 0.3) is 16.7 Å². The minimum atomic E-state index is -0.773. The molecule has 1 fully saturated rings. The molecule has 0 unspecified atom stereocenters. The first-order chi connectivity index (χ1) is 18.2. The lowest BCUT2D eigenvalue weighted by molar-refractivity contribution is -0.122. The molecule has 3 heterocycles. The fourth-order valence-corrected chi connectivity index (χ4v) is 4.75. The van der Waals surface area contributed by atoms with E-state index in [0.717, 1.165) is 23.6 Å². The number of carbonyl (C=O) groups is 3. The van der Waals surface area contributed by atoms with Crippen molar-refractivity contribution in [3.63, 3.8) is 0 Å². The molecule has 13 heteroatoms. The minimum Gasteiger partial charge on any atom is -0.408 e. The molecule has 1 aliphatic carbocycles. The summed E-state index contributed by atoms with van der Waals surface area (Å²) in [5.74, 6) is -2.67. The summed E-state index contributed by atoms with van der Waals surface area (Å²) in [5, 5.41) is 9.43. The van der Waals surface area contributed by atoms with Gasteiger partial charge in [-0.3, -0.25) is 19.0 Å². The Balaban J connectivity index is 1.30. The molecule has 198 valence electrons. The van der Waals surface area contributed by atoms with Crippen molar-refractivity contribution in [2.45, 2.75) is 32.2 Å². The van der Waals surface area contributed by atoms with Crippen LogP contribution in [0, 0.1) is 17.7 Å². The summed E-state index contributed by atoms with van der Waals surface area (Å²) in [7, 11) is 1.58. The number of carbonyl (C=O) groups excluding carboxylic acids is 3. The number of hydrogen-bond acceptors (Lipinski definition) is 7. The van der Waals surface area contributed by atoms with Crippen molar-refractivity contribution in [2.75, 3.05) is 6.54 Å². The van der Waals surface area contributed by atoms with E-state index < -0.39 is 23.4 Å². The number of fused-ring (bicyclic) bond motifs is 2. The van der Waals surface area contributed by atoms with E-state index in [1.807, 2.05) is 0 Å². The number of oxazole rings is 1. The molecular formula is C25H26FN7O5. The molecule has 3 amide bonds. The molecule has 0 bridgehead atoms. The number of aryl methyl sites for hydroxylation is 1. The zero-order chi connectivity index (χ0) is 27.0. The van der Waals surface area contributed by atoms with E-state index in [9.17, 15) is 23.6 Å². The van der Waals surface area contributed by atoms with E-state index in [0.29, 0.717) is 36.0 Å². The summed E-state index contributed by atoms with van der Waals surface area (Å²) in [6.07, 6.45) is 3.78. The molecule has 0 atom stereocenters. The molecule has 1 saturated carbocycles. The summed E-state index contributed by atoms with van der Waals surface area (Å²) in [6, 6.07) is 6.31. The van der Waals surface area contributed by atoms with Crippen molar-refractivity contribution in [2.24, 2.45) is 24.6 Å². The standard InChI is InChI=1S/C25H26FN7O5/c1-32-18-8-14(4-7-20(18)38-25(32)37)11-28-23(35)17-9-19(33-22(31-17)16(26)12-30-33)24(36)29-10-13-2-5-15(6-3-13)21(27)34/h4,7-9,12-13,15H,2-3,5-6,10-11H2,1H3,(H2,27,34)(H,28,35)(H,29,36). The van der Waals surface area contributed by atoms with E-state index >= 15 is 0 Å². The van der Waals surface area contributed by atoms with Crippen LogP contribution in [0.1, 0.15) is 52.2 Å². The second-order valence-electron chi connectivity index (χ2n) is 9.50. The van der Waals surface area contributed by atoms with Crippen LogP contribution in [-0.4, -0.2) is 43.4 Å². The topological polar surface area (TPSA) is 167 Å². The molecule has 38 heavy (non-hydrogen) atoms. The van der Waals surface area contributed by atoms with E-state index in [2.05, 4.69) is 20.7 Å². The Hall–Kier alpha value is -4.55. The first-order valence-corrected chi connectivity index (χ1v) is 12.2. The summed E-state index contributed by atoms with van der Waals surface area (Å²) >= 11 is 0. The van der Waals surface area contributed by atoms with Crippen LogP contribution < -0.4 is 22.1 Å². The Morgan fingerprint density at radius 1 is 1.13 bits per heavy atom. The minimum absolute atomic E-state index is 0.0373. The number of nitrogens with one attached hydrogen (secondary N) is 2. The van der Waals surface area contributed by atoms with Gasteiger partial charge in [-0.05, 0) is 49.3 Å². The maximum Gasteiger partial charge on any atom is 0.419 e. The third-order valence-corrected chi connectivity index (χ3v) is 7.00. The number of primary amides is 1. The number of hydrogen-bond donors (Lipinski definition) is 3. The molecule has 4 N–H and O–H groups in total. The molecule has 3 aromatic heterocycles. The lowest BCUT2D eigenvalue weighted by Gasteiger charge is -2.26. The molecule has 0 spiro atoms. The lowest BCUT2D eigenvalue weighted by Crippen LogP contribution is -2.35. The van der Waals surface area contributed by atoms with Gasteiger partial charge in [-0.25, -0.2) is 18.7 Å². The highest BCUT2D eigenvalue weighted by atomic mass is 19.1. The fraction of sp³-hybridized carbons (Fsp3) is 0.360. The third kappa shape index (κ3) is 4.86. The SMILES string of the molecule is Cn1c(=O)oc2ccc(CNC(=O)c3cc(C(=O)NCC4CCC(C(N)=O)CC4)n4ncc(F)c4n3)cc21. The van der Waals surface area contributed by atoms with Gasteiger partial charge in [0.2, 0.25) is 5.91 Å². The maximum atomic E-state index is 14.4. The Kier molecular flexibility index (Phi) is 6.66. The van der Waals surface area contributed by atoms with Crippen LogP contribution in [0.5, 0.6) is 0 Å². The highest BCUT2D eigenvalue weighted by Crippen LogP contribution is 2.28. The van der Waals surface area contributed by atoms with Gasteiger partial charge in [0, 0.05) is 32.1 Å².